The van der Waals surface area contributed by atoms with Crippen molar-refractivity contribution in [3.05, 3.63) is 108 Å². The van der Waals surface area contributed by atoms with Gasteiger partial charge in [0.05, 0.1) is 11.4 Å². The molecule has 8 rings (SSSR count). The number of aliphatic imine (C=N–C) groups is 1. The average molecular weight is 467 g/mol. The maximum atomic E-state index is 6.68. The van der Waals surface area contributed by atoms with Crippen LogP contribution in [0.4, 0.5) is 0 Å². The topological polar surface area (TPSA) is 47.6 Å². The molecule has 2 aliphatic heterocycles. The molecule has 36 heavy (non-hydrogen) atoms. The van der Waals surface area contributed by atoms with Crippen molar-refractivity contribution in [2.75, 3.05) is 6.54 Å². The lowest BCUT2D eigenvalue weighted by molar-refractivity contribution is 0.268. The van der Waals surface area contributed by atoms with Crippen LogP contribution in [0, 0.1) is 0 Å². The van der Waals surface area contributed by atoms with Crippen LogP contribution in [-0.4, -0.2) is 23.3 Å². The highest BCUT2D eigenvalue weighted by molar-refractivity contribution is 6.22. The first-order chi connectivity index (χ1) is 17.8. The van der Waals surface area contributed by atoms with Crippen LogP contribution in [0.5, 0.6) is 5.75 Å². The minimum atomic E-state index is -0.0793. The Bertz CT molecular complexity index is 1820. The summed E-state index contributed by atoms with van der Waals surface area (Å²) in [6.45, 7) is 0.844. The number of hydrogen-bond donors (Lipinski definition) is 0. The van der Waals surface area contributed by atoms with Crippen LogP contribution < -0.4 is 4.74 Å². The first-order valence-corrected chi connectivity index (χ1v) is 12.5. The van der Waals surface area contributed by atoms with Gasteiger partial charge in [-0.1, -0.05) is 54.6 Å². The number of nitrogens with zero attached hydrogens (tertiary/aromatic N) is 2. The third-order valence-electron chi connectivity index (χ3n) is 7.51. The van der Waals surface area contributed by atoms with E-state index in [-0.39, 0.29) is 12.0 Å². The Morgan fingerprint density at radius 2 is 1.81 bits per heavy atom. The second-order valence-electron chi connectivity index (χ2n) is 9.57. The summed E-state index contributed by atoms with van der Waals surface area (Å²) in [7, 11) is 0. The predicted molar refractivity (Wildman–Crippen MR) is 145 cm³/mol. The standard InChI is InChI=1S/C32H22N2O2/c1-2-8-22-21(7-1)29-23-13-11-19(25-9-3-5-15-33-25)17-27(23)35-31(29)32-30(22)24-14-12-20(18-28(24)36-32)26-10-4-6-16-34-26/h1-5,7-15,17-18,24,28H,6,16H2. The van der Waals surface area contributed by atoms with Gasteiger partial charge in [0.2, 0.25) is 0 Å². The number of dihydropyridines is 1. The number of allylic oxidation sites excluding steroid dienone is 3. The lowest BCUT2D eigenvalue weighted by Crippen LogP contribution is -2.20. The number of fused-ring (bicyclic) bond motifs is 10. The van der Waals surface area contributed by atoms with Crippen molar-refractivity contribution in [1.29, 1.82) is 0 Å². The zero-order valence-corrected chi connectivity index (χ0v) is 19.5. The second kappa shape index (κ2) is 7.53. The molecule has 172 valence electrons. The number of aromatic nitrogens is 1. The molecule has 5 aromatic rings. The van der Waals surface area contributed by atoms with E-state index in [9.17, 15) is 0 Å². The minimum Gasteiger partial charge on any atom is -0.481 e. The summed E-state index contributed by atoms with van der Waals surface area (Å²) in [5, 5.41) is 4.62. The summed E-state index contributed by atoms with van der Waals surface area (Å²) >= 11 is 0. The van der Waals surface area contributed by atoms with E-state index in [1.165, 1.54) is 16.3 Å². The van der Waals surface area contributed by atoms with Gasteiger partial charge in [-0.05, 0) is 59.2 Å². The minimum absolute atomic E-state index is 0.0793. The fourth-order valence-corrected chi connectivity index (χ4v) is 5.87. The van der Waals surface area contributed by atoms with Crippen LogP contribution in [0.1, 0.15) is 17.9 Å². The number of rotatable bonds is 2. The molecule has 2 aromatic heterocycles. The van der Waals surface area contributed by atoms with Crippen LogP contribution in [-0.2, 0) is 0 Å². The molecule has 4 nitrogen and oxygen atoms in total. The Morgan fingerprint density at radius 3 is 2.67 bits per heavy atom. The highest BCUT2D eigenvalue weighted by Crippen LogP contribution is 2.52. The quantitative estimate of drug-likeness (QED) is 0.270. The Hall–Kier alpha value is -4.44. The van der Waals surface area contributed by atoms with E-state index in [0.717, 1.165) is 63.2 Å². The van der Waals surface area contributed by atoms with Crippen molar-refractivity contribution in [2.45, 2.75) is 18.4 Å². The molecule has 0 amide bonds. The molecule has 0 fully saturated rings. The van der Waals surface area contributed by atoms with Crippen molar-refractivity contribution < 1.29 is 9.15 Å². The number of benzene rings is 3. The molecule has 3 aromatic carbocycles. The van der Waals surface area contributed by atoms with Gasteiger partial charge in [-0.3, -0.25) is 9.98 Å². The number of pyridine rings is 1. The van der Waals surface area contributed by atoms with Crippen LogP contribution >= 0.6 is 0 Å². The fourth-order valence-electron chi connectivity index (χ4n) is 5.87. The Balaban J connectivity index is 1.34. The van der Waals surface area contributed by atoms with Crippen molar-refractivity contribution in [1.82, 2.24) is 4.98 Å². The summed E-state index contributed by atoms with van der Waals surface area (Å²) < 4.78 is 13.3. The van der Waals surface area contributed by atoms with Gasteiger partial charge >= 0.3 is 0 Å². The summed E-state index contributed by atoms with van der Waals surface area (Å²) in [5.41, 5.74) is 7.01. The summed E-state index contributed by atoms with van der Waals surface area (Å²) in [4.78, 5) is 9.23. The molecule has 0 saturated carbocycles. The second-order valence-corrected chi connectivity index (χ2v) is 9.57. The Kier molecular flexibility index (Phi) is 4.14. The normalized spacial score (nSPS) is 20.3. The fraction of sp³-hybridized carbons (Fsp3) is 0.125. The van der Waals surface area contributed by atoms with Gasteiger partial charge < -0.3 is 9.15 Å². The van der Waals surface area contributed by atoms with Crippen molar-refractivity contribution in [3.8, 4) is 17.0 Å². The van der Waals surface area contributed by atoms with Gasteiger partial charge in [0.25, 0.3) is 0 Å². The zero-order valence-electron chi connectivity index (χ0n) is 19.5. The molecule has 3 aliphatic rings. The van der Waals surface area contributed by atoms with Gasteiger partial charge in [0.15, 0.2) is 11.3 Å². The van der Waals surface area contributed by atoms with E-state index in [2.05, 4.69) is 77.8 Å². The first kappa shape index (κ1) is 19.8. The SMILES string of the molecule is C1=CC(C2=CC3Oc4c(c5ccccc5c5c4oc4cc(-c6ccccn6)ccc45)C3C=C2)=NCC1. The Labute approximate surface area is 207 Å². The third kappa shape index (κ3) is 2.81. The van der Waals surface area contributed by atoms with Crippen molar-refractivity contribution in [2.24, 2.45) is 4.99 Å². The van der Waals surface area contributed by atoms with Crippen molar-refractivity contribution >= 4 is 38.4 Å². The maximum absolute atomic E-state index is 6.68. The van der Waals surface area contributed by atoms with E-state index in [0.29, 0.717) is 0 Å². The molecule has 2 unspecified atom stereocenters. The van der Waals surface area contributed by atoms with E-state index in [1.54, 1.807) is 0 Å². The highest BCUT2D eigenvalue weighted by atomic mass is 16.5. The Morgan fingerprint density at radius 1 is 0.889 bits per heavy atom. The summed E-state index contributed by atoms with van der Waals surface area (Å²) in [5.74, 6) is 1.00. The van der Waals surface area contributed by atoms with E-state index in [4.69, 9.17) is 14.1 Å². The first-order valence-electron chi connectivity index (χ1n) is 12.5. The van der Waals surface area contributed by atoms with Gasteiger partial charge in [-0.2, -0.15) is 0 Å². The largest absolute Gasteiger partial charge is 0.481 e. The summed E-state index contributed by atoms with van der Waals surface area (Å²) in [6.07, 6.45) is 13.8. The predicted octanol–water partition coefficient (Wildman–Crippen LogP) is 7.54. The molecule has 0 saturated heterocycles. The van der Waals surface area contributed by atoms with E-state index >= 15 is 0 Å². The molecule has 4 heterocycles. The van der Waals surface area contributed by atoms with Crippen LogP contribution in [0.25, 0.3) is 44.0 Å². The number of ether oxygens (including phenoxy) is 1. The van der Waals surface area contributed by atoms with Gasteiger partial charge in [0, 0.05) is 40.6 Å². The maximum Gasteiger partial charge on any atom is 0.178 e. The molecular weight excluding hydrogens is 444 g/mol. The third-order valence-corrected chi connectivity index (χ3v) is 7.51. The van der Waals surface area contributed by atoms with E-state index in [1.807, 2.05) is 24.4 Å². The molecule has 4 heteroatoms. The van der Waals surface area contributed by atoms with E-state index < -0.39 is 0 Å². The monoisotopic (exact) mass is 466 g/mol. The zero-order chi connectivity index (χ0) is 23.6. The highest BCUT2D eigenvalue weighted by Gasteiger charge is 2.38. The average Bonchev–Trinajstić information content (AvgIpc) is 3.52. The molecule has 0 N–H and O–H groups in total. The lowest BCUT2D eigenvalue weighted by Gasteiger charge is -2.19. The smallest absolute Gasteiger partial charge is 0.178 e. The van der Waals surface area contributed by atoms with Gasteiger partial charge in [-0.15, -0.1) is 0 Å². The number of furan rings is 1. The molecule has 2 atom stereocenters. The molecular formula is C32H22N2O2. The van der Waals surface area contributed by atoms with Crippen LogP contribution in [0.2, 0.25) is 0 Å². The summed E-state index contributed by atoms with van der Waals surface area (Å²) in [6, 6.07) is 20.9. The molecule has 0 spiro atoms. The molecule has 0 radical (unpaired) electrons. The van der Waals surface area contributed by atoms with Crippen LogP contribution in [0.15, 0.2) is 112 Å². The molecule has 0 bridgehead atoms. The van der Waals surface area contributed by atoms with Crippen molar-refractivity contribution in [3.63, 3.8) is 0 Å². The van der Waals surface area contributed by atoms with Gasteiger partial charge in [-0.25, -0.2) is 0 Å². The van der Waals surface area contributed by atoms with Crippen LogP contribution in [0.3, 0.4) is 0 Å². The lowest BCUT2D eigenvalue weighted by atomic mass is 9.85. The number of hydrogen-bond acceptors (Lipinski definition) is 4. The van der Waals surface area contributed by atoms with Gasteiger partial charge in [0.1, 0.15) is 11.7 Å². The molecule has 1 aliphatic carbocycles.